The highest BCUT2D eigenvalue weighted by Crippen LogP contribution is 1.88. The van der Waals surface area contributed by atoms with Crippen LogP contribution in [0.1, 0.15) is 0 Å². The molecule has 0 rings (SSSR count). The molecule has 0 radical (unpaired) electrons. The Morgan fingerprint density at radius 2 is 2.25 bits per heavy atom. The Hall–Kier alpha value is -0.870. The maximum atomic E-state index is 10.0. The second-order valence-electron chi connectivity index (χ2n) is 1.14. The summed E-state index contributed by atoms with van der Waals surface area (Å²) in [5.41, 5.74) is -0.174. The van der Waals surface area contributed by atoms with Gasteiger partial charge in [0.15, 0.2) is 0 Å². The van der Waals surface area contributed by atoms with Gasteiger partial charge in [0.2, 0.25) is 0 Å². The number of aliphatic hydroxyl groups is 1. The van der Waals surface area contributed by atoms with Crippen LogP contribution >= 0.6 is 0 Å². The predicted octanol–water partition coefficient (Wildman–Crippen LogP) is -0.449. The third kappa shape index (κ3) is 1.72. The van der Waals surface area contributed by atoms with Gasteiger partial charge in [0.05, 0.1) is 12.2 Å². The van der Waals surface area contributed by atoms with Crippen molar-refractivity contribution in [2.45, 2.75) is 0 Å². The molecule has 0 fully saturated rings. The number of carbonyl (C=O) groups excluding carboxylic acids is 1. The molecule has 0 saturated heterocycles. The van der Waals surface area contributed by atoms with Crippen LogP contribution < -0.4 is 0 Å². The van der Waals surface area contributed by atoms with Gasteiger partial charge in [-0.05, 0) is 0 Å². The van der Waals surface area contributed by atoms with E-state index in [2.05, 4.69) is 11.5 Å². The van der Waals surface area contributed by atoms with Crippen LogP contribution in [0.4, 0.5) is 0 Å². The second-order valence-corrected chi connectivity index (χ2v) is 1.14. The number of rotatable bonds is 2. The number of hydrogen-bond acceptors (Lipinski definition) is 4. The lowest BCUT2D eigenvalue weighted by atomic mass is 10.3. The molecular weight excluding hydrogens is 112 g/mol. The first-order chi connectivity index (χ1) is 3.72. The first-order valence-corrected chi connectivity index (χ1v) is 1.86. The zero-order chi connectivity index (χ0) is 6.57. The first kappa shape index (κ1) is 7.13. The Kier molecular flexibility index (Phi) is 2.83. The fraction of sp³-hybridized carbons (Fsp3) is 0.250. The third-order valence-corrected chi connectivity index (χ3v) is 0.562. The summed E-state index contributed by atoms with van der Waals surface area (Å²) in [4.78, 5) is 13.2. The van der Waals surface area contributed by atoms with Crippen LogP contribution in [0.3, 0.4) is 0 Å². The van der Waals surface area contributed by atoms with E-state index in [1.165, 1.54) is 0 Å². The number of aliphatic hydroxyl groups excluding tert-OH is 1. The fourth-order valence-electron chi connectivity index (χ4n) is 0.129. The highest BCUT2D eigenvalue weighted by Gasteiger charge is 2.04. The van der Waals surface area contributed by atoms with E-state index in [0.717, 1.165) is 0 Å². The Bertz CT molecular complexity index is 92.6. The van der Waals surface area contributed by atoms with Crippen LogP contribution in [-0.2, 0) is 9.68 Å². The average molecular weight is 118 g/mol. The molecule has 0 unspecified atom stereocenters. The van der Waals surface area contributed by atoms with Crippen molar-refractivity contribution in [1.82, 2.24) is 0 Å². The number of hydrogen-bond donors (Lipinski definition) is 2. The molecule has 0 aromatic rings. The van der Waals surface area contributed by atoms with Crippen LogP contribution in [0, 0.1) is 0 Å². The van der Waals surface area contributed by atoms with Gasteiger partial charge in [-0.25, -0.2) is 4.79 Å². The molecule has 46 valence electrons. The summed E-state index contributed by atoms with van der Waals surface area (Å²) in [5.74, 6) is -1.01. The summed E-state index contributed by atoms with van der Waals surface area (Å²) in [6.07, 6.45) is 0. The van der Waals surface area contributed by atoms with Gasteiger partial charge < -0.3 is 5.11 Å². The summed E-state index contributed by atoms with van der Waals surface area (Å²) in [6, 6.07) is 0. The summed E-state index contributed by atoms with van der Waals surface area (Å²) in [7, 11) is 0. The largest absolute Gasteiger partial charge is 0.391 e. The summed E-state index contributed by atoms with van der Waals surface area (Å²) in [5, 5.41) is 15.7. The van der Waals surface area contributed by atoms with Gasteiger partial charge in [-0.1, -0.05) is 6.58 Å². The van der Waals surface area contributed by atoms with Crippen LogP contribution in [0.5, 0.6) is 0 Å². The van der Waals surface area contributed by atoms with Gasteiger partial charge in [0.25, 0.3) is 0 Å². The molecule has 2 N–H and O–H groups in total. The standard InChI is InChI=1S/C4H6O4/c1-3(2-5)4(6)8-7/h5,7H,1-2H2. The molecule has 8 heavy (non-hydrogen) atoms. The molecule has 0 aromatic heterocycles. The molecule has 0 spiro atoms. The Balaban J connectivity index is 3.64. The minimum Gasteiger partial charge on any atom is -0.391 e. The highest BCUT2D eigenvalue weighted by atomic mass is 17.1. The summed E-state index contributed by atoms with van der Waals surface area (Å²) >= 11 is 0. The molecule has 4 nitrogen and oxygen atoms in total. The summed E-state index contributed by atoms with van der Waals surface area (Å²) < 4.78 is 0. The van der Waals surface area contributed by atoms with Crippen molar-refractivity contribution in [3.63, 3.8) is 0 Å². The van der Waals surface area contributed by atoms with Crippen molar-refractivity contribution in [3.8, 4) is 0 Å². The van der Waals surface area contributed by atoms with E-state index >= 15 is 0 Å². The quantitative estimate of drug-likeness (QED) is 0.293. The van der Waals surface area contributed by atoms with Crippen molar-refractivity contribution in [2.24, 2.45) is 0 Å². The number of carbonyl (C=O) groups is 1. The average Bonchev–Trinajstić information content (AvgIpc) is 1.84. The van der Waals surface area contributed by atoms with Crippen molar-refractivity contribution in [3.05, 3.63) is 12.2 Å². The van der Waals surface area contributed by atoms with Gasteiger partial charge in [0.1, 0.15) is 0 Å². The van der Waals surface area contributed by atoms with Crippen molar-refractivity contribution < 1.29 is 20.0 Å². The third-order valence-electron chi connectivity index (χ3n) is 0.562. The zero-order valence-electron chi connectivity index (χ0n) is 4.13. The lowest BCUT2D eigenvalue weighted by Crippen LogP contribution is -2.06. The minimum atomic E-state index is -1.01. The fourth-order valence-corrected chi connectivity index (χ4v) is 0.129. The van der Waals surface area contributed by atoms with Gasteiger partial charge >= 0.3 is 5.97 Å². The van der Waals surface area contributed by atoms with Crippen LogP contribution in [0.15, 0.2) is 12.2 Å². The van der Waals surface area contributed by atoms with Crippen molar-refractivity contribution >= 4 is 5.97 Å². The maximum absolute atomic E-state index is 10.0. The molecule has 0 aliphatic rings. The smallest absolute Gasteiger partial charge is 0.370 e. The van der Waals surface area contributed by atoms with E-state index in [4.69, 9.17) is 10.4 Å². The lowest BCUT2D eigenvalue weighted by molar-refractivity contribution is -0.229. The topological polar surface area (TPSA) is 66.8 Å². The molecule has 0 atom stereocenters. The van der Waals surface area contributed by atoms with E-state index in [1.54, 1.807) is 0 Å². The molecule has 0 amide bonds. The van der Waals surface area contributed by atoms with E-state index in [0.29, 0.717) is 0 Å². The van der Waals surface area contributed by atoms with E-state index < -0.39 is 12.6 Å². The monoisotopic (exact) mass is 118 g/mol. The second kappa shape index (κ2) is 3.17. The molecule has 0 aliphatic carbocycles. The van der Waals surface area contributed by atoms with Crippen LogP contribution in [0.2, 0.25) is 0 Å². The Morgan fingerprint density at radius 1 is 1.75 bits per heavy atom. The van der Waals surface area contributed by atoms with Gasteiger partial charge in [-0.3, -0.25) is 4.89 Å². The Morgan fingerprint density at radius 3 is 2.38 bits per heavy atom. The highest BCUT2D eigenvalue weighted by molar-refractivity contribution is 5.87. The SMILES string of the molecule is C=C(CO)C(=O)OO. The van der Waals surface area contributed by atoms with Crippen molar-refractivity contribution in [1.29, 1.82) is 0 Å². The van der Waals surface area contributed by atoms with Gasteiger partial charge in [0, 0.05) is 0 Å². The molecule has 0 aliphatic heterocycles. The van der Waals surface area contributed by atoms with Crippen LogP contribution in [-0.4, -0.2) is 22.9 Å². The molecule has 0 heterocycles. The normalized spacial score (nSPS) is 8.25. The van der Waals surface area contributed by atoms with Gasteiger partial charge in [-0.2, -0.15) is 5.26 Å². The lowest BCUT2D eigenvalue weighted by Gasteiger charge is -1.92. The first-order valence-electron chi connectivity index (χ1n) is 1.86. The molecule has 0 bridgehead atoms. The molecule has 0 saturated carbocycles. The van der Waals surface area contributed by atoms with Gasteiger partial charge in [-0.15, -0.1) is 0 Å². The molecule has 0 aromatic carbocycles. The Labute approximate surface area is 45.9 Å². The van der Waals surface area contributed by atoms with E-state index in [9.17, 15) is 4.79 Å². The minimum absolute atomic E-state index is 0.174. The molecule has 4 heteroatoms. The van der Waals surface area contributed by atoms with E-state index in [1.807, 2.05) is 0 Å². The van der Waals surface area contributed by atoms with Crippen molar-refractivity contribution in [2.75, 3.05) is 6.61 Å². The maximum Gasteiger partial charge on any atom is 0.370 e. The molecular formula is C4H6O4. The predicted molar refractivity (Wildman–Crippen MR) is 24.9 cm³/mol. The van der Waals surface area contributed by atoms with Crippen LogP contribution in [0.25, 0.3) is 0 Å². The zero-order valence-corrected chi connectivity index (χ0v) is 4.13. The van der Waals surface area contributed by atoms with E-state index in [-0.39, 0.29) is 5.57 Å². The summed E-state index contributed by atoms with van der Waals surface area (Å²) in [6.45, 7) is 2.56.